The highest BCUT2D eigenvalue weighted by Gasteiger charge is 2.25. The quantitative estimate of drug-likeness (QED) is 0.762. The van der Waals surface area contributed by atoms with Crippen molar-refractivity contribution in [3.05, 3.63) is 0 Å². The molecule has 5 nitrogen and oxygen atoms in total. The summed E-state index contributed by atoms with van der Waals surface area (Å²) in [5, 5.41) is 10.1. The van der Waals surface area contributed by atoms with E-state index in [9.17, 15) is 9.90 Å². The number of carbonyl (C=O) groups excluding carboxylic acids is 1. The van der Waals surface area contributed by atoms with Gasteiger partial charge in [0, 0.05) is 39.2 Å². The lowest BCUT2D eigenvalue weighted by molar-refractivity contribution is -0.129. The van der Waals surface area contributed by atoms with Gasteiger partial charge >= 0.3 is 0 Å². The zero-order valence-corrected chi connectivity index (χ0v) is 11.9. The molecule has 2 aliphatic heterocycles. The number of ether oxygens (including phenoxy) is 1. The van der Waals surface area contributed by atoms with Crippen LogP contribution in [-0.4, -0.2) is 72.4 Å². The second-order valence-corrected chi connectivity index (χ2v) is 5.58. The Balaban J connectivity index is 1.72. The summed E-state index contributed by atoms with van der Waals surface area (Å²) in [6, 6.07) is 0. The summed E-state index contributed by atoms with van der Waals surface area (Å²) in [6.07, 6.45) is 3.68. The van der Waals surface area contributed by atoms with Crippen LogP contribution in [0.2, 0.25) is 0 Å². The molecule has 0 saturated carbocycles. The Hall–Kier alpha value is -0.650. The van der Waals surface area contributed by atoms with Gasteiger partial charge in [-0.3, -0.25) is 9.69 Å². The molecule has 0 aromatic carbocycles. The maximum atomic E-state index is 11.5. The number of hydrogen-bond acceptors (Lipinski definition) is 4. The fourth-order valence-electron chi connectivity index (χ4n) is 3.06. The normalized spacial score (nSPS) is 26.9. The Morgan fingerprint density at radius 3 is 2.89 bits per heavy atom. The molecule has 2 aliphatic rings. The largest absolute Gasteiger partial charge is 0.390 e. The average molecular weight is 270 g/mol. The second-order valence-electron chi connectivity index (χ2n) is 5.58. The number of piperidine rings is 1. The monoisotopic (exact) mass is 270 g/mol. The molecule has 110 valence electrons. The van der Waals surface area contributed by atoms with Gasteiger partial charge in [-0.1, -0.05) is 0 Å². The van der Waals surface area contributed by atoms with Crippen molar-refractivity contribution in [1.29, 1.82) is 0 Å². The molecule has 2 saturated heterocycles. The van der Waals surface area contributed by atoms with Crippen LogP contribution in [0.1, 0.15) is 32.6 Å². The molecule has 0 aromatic heterocycles. The van der Waals surface area contributed by atoms with Crippen molar-refractivity contribution in [2.75, 3.05) is 39.3 Å². The summed E-state index contributed by atoms with van der Waals surface area (Å²) in [4.78, 5) is 15.6. The molecule has 1 amide bonds. The smallest absolute Gasteiger partial charge is 0.222 e. The van der Waals surface area contributed by atoms with Crippen molar-refractivity contribution in [3.8, 4) is 0 Å². The van der Waals surface area contributed by atoms with Crippen LogP contribution in [0.15, 0.2) is 0 Å². The number of aliphatic hydroxyl groups excluding tert-OH is 1. The van der Waals surface area contributed by atoms with E-state index in [4.69, 9.17) is 4.74 Å². The molecule has 0 radical (unpaired) electrons. The Kier molecular flexibility index (Phi) is 5.60. The summed E-state index contributed by atoms with van der Waals surface area (Å²) < 4.78 is 5.66. The van der Waals surface area contributed by atoms with Crippen LogP contribution >= 0.6 is 0 Å². The van der Waals surface area contributed by atoms with Crippen LogP contribution < -0.4 is 0 Å². The van der Waals surface area contributed by atoms with Crippen molar-refractivity contribution in [1.82, 2.24) is 9.80 Å². The molecular weight excluding hydrogens is 244 g/mol. The van der Waals surface area contributed by atoms with E-state index >= 15 is 0 Å². The van der Waals surface area contributed by atoms with Crippen molar-refractivity contribution in [2.45, 2.75) is 44.8 Å². The van der Waals surface area contributed by atoms with Gasteiger partial charge in [-0.05, 0) is 32.7 Å². The van der Waals surface area contributed by atoms with Crippen LogP contribution in [0.25, 0.3) is 0 Å². The molecule has 2 unspecified atom stereocenters. The highest BCUT2D eigenvalue weighted by molar-refractivity contribution is 5.78. The SMILES string of the molecule is CCOC1CCCN(CC(O)CN2CCCC2=O)C1. The highest BCUT2D eigenvalue weighted by Crippen LogP contribution is 2.15. The first-order valence-electron chi connectivity index (χ1n) is 7.49. The Labute approximate surface area is 115 Å². The minimum Gasteiger partial charge on any atom is -0.390 e. The molecule has 2 fully saturated rings. The minimum absolute atomic E-state index is 0.185. The number of hydrogen-bond donors (Lipinski definition) is 1. The van der Waals surface area contributed by atoms with E-state index < -0.39 is 6.10 Å². The van der Waals surface area contributed by atoms with Gasteiger partial charge < -0.3 is 14.7 Å². The fourth-order valence-corrected chi connectivity index (χ4v) is 3.06. The highest BCUT2D eigenvalue weighted by atomic mass is 16.5. The summed E-state index contributed by atoms with van der Waals surface area (Å²) in [6.45, 7) is 6.63. The second kappa shape index (κ2) is 7.22. The van der Waals surface area contributed by atoms with Crippen molar-refractivity contribution in [2.24, 2.45) is 0 Å². The van der Waals surface area contributed by atoms with Gasteiger partial charge in [0.15, 0.2) is 0 Å². The minimum atomic E-state index is -0.442. The Bertz CT molecular complexity index is 296. The first-order chi connectivity index (χ1) is 9.19. The summed E-state index contributed by atoms with van der Waals surface area (Å²) in [5.74, 6) is 0.185. The molecule has 2 atom stereocenters. The number of aliphatic hydroxyl groups is 1. The summed E-state index contributed by atoms with van der Waals surface area (Å²) in [5.41, 5.74) is 0. The Morgan fingerprint density at radius 1 is 1.37 bits per heavy atom. The predicted molar refractivity (Wildman–Crippen MR) is 72.9 cm³/mol. The van der Waals surface area contributed by atoms with E-state index in [0.29, 0.717) is 25.6 Å². The zero-order valence-electron chi connectivity index (χ0n) is 11.9. The molecule has 0 spiro atoms. The van der Waals surface area contributed by atoms with E-state index in [2.05, 4.69) is 4.90 Å². The first kappa shape index (κ1) is 14.8. The number of rotatable bonds is 6. The maximum Gasteiger partial charge on any atom is 0.222 e. The van der Waals surface area contributed by atoms with Gasteiger partial charge in [0.2, 0.25) is 5.91 Å². The van der Waals surface area contributed by atoms with E-state index in [1.165, 1.54) is 0 Å². The van der Waals surface area contributed by atoms with E-state index in [-0.39, 0.29) is 5.91 Å². The van der Waals surface area contributed by atoms with Crippen LogP contribution in [0.4, 0.5) is 0 Å². The zero-order chi connectivity index (χ0) is 13.7. The van der Waals surface area contributed by atoms with Gasteiger partial charge in [0.25, 0.3) is 0 Å². The van der Waals surface area contributed by atoms with E-state index in [1.54, 1.807) is 4.90 Å². The third kappa shape index (κ3) is 4.44. The van der Waals surface area contributed by atoms with Crippen LogP contribution in [0.5, 0.6) is 0 Å². The molecule has 2 rings (SSSR count). The lowest BCUT2D eigenvalue weighted by Gasteiger charge is -2.34. The molecule has 19 heavy (non-hydrogen) atoms. The van der Waals surface area contributed by atoms with Crippen LogP contribution in [0.3, 0.4) is 0 Å². The van der Waals surface area contributed by atoms with E-state index in [1.807, 2.05) is 6.92 Å². The van der Waals surface area contributed by atoms with Gasteiger partial charge in [-0.2, -0.15) is 0 Å². The van der Waals surface area contributed by atoms with Crippen molar-refractivity contribution in [3.63, 3.8) is 0 Å². The molecule has 0 aromatic rings. The van der Waals surface area contributed by atoms with Gasteiger partial charge in [-0.15, -0.1) is 0 Å². The van der Waals surface area contributed by atoms with Crippen molar-refractivity contribution >= 4 is 5.91 Å². The lowest BCUT2D eigenvalue weighted by Crippen LogP contribution is -2.46. The van der Waals surface area contributed by atoms with E-state index in [0.717, 1.165) is 45.5 Å². The molecule has 5 heteroatoms. The van der Waals surface area contributed by atoms with Crippen LogP contribution in [-0.2, 0) is 9.53 Å². The Morgan fingerprint density at radius 2 is 2.21 bits per heavy atom. The standard InChI is InChI=1S/C14H26N2O3/c1-2-19-13-5-3-7-15(11-13)9-12(17)10-16-8-4-6-14(16)18/h12-13,17H,2-11H2,1H3. The lowest BCUT2D eigenvalue weighted by atomic mass is 10.1. The van der Waals surface area contributed by atoms with Crippen molar-refractivity contribution < 1.29 is 14.6 Å². The number of carbonyl (C=O) groups is 1. The third-order valence-corrected chi connectivity index (χ3v) is 3.94. The average Bonchev–Trinajstić information content (AvgIpc) is 2.76. The van der Waals surface area contributed by atoms with Gasteiger partial charge in [0.05, 0.1) is 12.2 Å². The number of likely N-dealkylation sites (tertiary alicyclic amines) is 2. The molecule has 2 heterocycles. The topological polar surface area (TPSA) is 53.0 Å². The number of nitrogens with zero attached hydrogens (tertiary/aromatic N) is 2. The van der Waals surface area contributed by atoms with Crippen LogP contribution in [0, 0.1) is 0 Å². The molecule has 0 bridgehead atoms. The van der Waals surface area contributed by atoms with Gasteiger partial charge in [-0.25, -0.2) is 0 Å². The number of β-amino-alcohol motifs (C(OH)–C–C–N with tert-alkyl or cyclic N) is 1. The molecule has 1 N–H and O–H groups in total. The summed E-state index contributed by atoms with van der Waals surface area (Å²) >= 11 is 0. The maximum absolute atomic E-state index is 11.5. The van der Waals surface area contributed by atoms with Gasteiger partial charge in [0.1, 0.15) is 0 Å². The molecular formula is C14H26N2O3. The summed E-state index contributed by atoms with van der Waals surface area (Å²) in [7, 11) is 0. The predicted octanol–water partition coefficient (Wildman–Crippen LogP) is 0.471. The third-order valence-electron chi connectivity index (χ3n) is 3.94. The fraction of sp³-hybridized carbons (Fsp3) is 0.929. The first-order valence-corrected chi connectivity index (χ1v) is 7.49. The number of amides is 1. The molecule has 0 aliphatic carbocycles.